The van der Waals surface area contributed by atoms with Gasteiger partial charge in [-0.05, 0) is 55.7 Å². The Morgan fingerprint density at radius 3 is 2.46 bits per heavy atom. The maximum Gasteiger partial charge on any atom is 0.317 e. The van der Waals surface area contributed by atoms with E-state index in [1.54, 1.807) is 12.0 Å². The van der Waals surface area contributed by atoms with Gasteiger partial charge in [-0.1, -0.05) is 20.3 Å². The molecule has 0 atom stereocenters. The monoisotopic (exact) mass is 482 g/mol. The molecule has 35 heavy (non-hydrogen) atoms. The zero-order valence-corrected chi connectivity index (χ0v) is 21.2. The van der Waals surface area contributed by atoms with Gasteiger partial charge in [-0.25, -0.2) is 4.79 Å². The first-order chi connectivity index (χ1) is 17.0. The molecule has 1 aromatic heterocycles. The summed E-state index contributed by atoms with van der Waals surface area (Å²) in [6.07, 6.45) is 3.56. The Bertz CT molecular complexity index is 935. The molecule has 0 saturated carbocycles. The van der Waals surface area contributed by atoms with E-state index in [9.17, 15) is 9.59 Å². The van der Waals surface area contributed by atoms with Crippen LogP contribution in [0.3, 0.4) is 0 Å². The quantitative estimate of drug-likeness (QED) is 0.558. The van der Waals surface area contributed by atoms with Gasteiger partial charge in [0.05, 0.1) is 12.8 Å². The molecule has 190 valence electrons. The number of urea groups is 1. The van der Waals surface area contributed by atoms with Gasteiger partial charge in [0, 0.05) is 44.8 Å². The molecule has 1 N–H and O–H groups in total. The number of hydrogen-bond acceptors (Lipinski definition) is 6. The second-order valence-corrected chi connectivity index (χ2v) is 8.73. The molecule has 3 amide bonds. The maximum absolute atomic E-state index is 13.0. The fourth-order valence-electron chi connectivity index (χ4n) is 4.01. The third-order valence-electron chi connectivity index (χ3n) is 6.13. The molecule has 0 unspecified atom stereocenters. The highest BCUT2D eigenvalue weighted by Crippen LogP contribution is 2.22. The van der Waals surface area contributed by atoms with Crippen molar-refractivity contribution in [3.8, 4) is 17.0 Å². The number of methoxy groups -OCH3 is 1. The van der Waals surface area contributed by atoms with E-state index in [1.165, 1.54) is 0 Å². The molecule has 1 fully saturated rings. The first-order valence-electron chi connectivity index (χ1n) is 12.6. The molecule has 2 heterocycles. The van der Waals surface area contributed by atoms with Crippen LogP contribution < -0.4 is 15.0 Å². The summed E-state index contributed by atoms with van der Waals surface area (Å²) >= 11 is 0. The Labute approximate surface area is 208 Å². The van der Waals surface area contributed by atoms with E-state index >= 15 is 0 Å². The van der Waals surface area contributed by atoms with Crippen molar-refractivity contribution < 1.29 is 14.3 Å². The Hall–Kier alpha value is -3.36. The summed E-state index contributed by atoms with van der Waals surface area (Å²) in [7, 11) is 1.65. The summed E-state index contributed by atoms with van der Waals surface area (Å²) < 4.78 is 5.21. The van der Waals surface area contributed by atoms with Gasteiger partial charge >= 0.3 is 6.03 Å². The Morgan fingerprint density at radius 1 is 1.00 bits per heavy atom. The molecule has 1 aliphatic rings. The molecule has 3 rings (SSSR count). The Morgan fingerprint density at radius 2 is 1.80 bits per heavy atom. The minimum Gasteiger partial charge on any atom is -0.497 e. The summed E-state index contributed by atoms with van der Waals surface area (Å²) in [5.74, 6) is 1.60. The van der Waals surface area contributed by atoms with Crippen LogP contribution in [0.4, 0.5) is 10.6 Å². The molecule has 1 aliphatic heterocycles. The van der Waals surface area contributed by atoms with Gasteiger partial charge in [0.15, 0.2) is 5.82 Å². The number of anilines is 1. The number of hydrogen-bond donors (Lipinski definition) is 1. The smallest absolute Gasteiger partial charge is 0.317 e. The van der Waals surface area contributed by atoms with Crippen molar-refractivity contribution in [2.24, 2.45) is 0 Å². The average Bonchev–Trinajstić information content (AvgIpc) is 3.16. The van der Waals surface area contributed by atoms with Crippen molar-refractivity contribution in [3.05, 3.63) is 36.4 Å². The van der Waals surface area contributed by atoms with Crippen LogP contribution in [0, 0.1) is 0 Å². The number of carbonyl (C=O) groups excluding carboxylic acids is 2. The SMILES string of the molecule is CCCCN(CC(=O)N1CCCN(c2ccc(-c3ccc(OC)cc3)nn2)CC1)C(=O)NCCC. The molecule has 9 heteroatoms. The minimum absolute atomic E-state index is 0.00413. The lowest BCUT2D eigenvalue weighted by Crippen LogP contribution is -2.48. The Kier molecular flexibility index (Phi) is 10.1. The molecule has 9 nitrogen and oxygen atoms in total. The number of aromatic nitrogens is 2. The summed E-state index contributed by atoms with van der Waals surface area (Å²) in [5, 5.41) is 11.8. The van der Waals surface area contributed by atoms with Crippen LogP contribution in [0.25, 0.3) is 11.3 Å². The summed E-state index contributed by atoms with van der Waals surface area (Å²) in [6.45, 7) is 8.17. The number of benzene rings is 1. The normalized spacial score (nSPS) is 13.8. The van der Waals surface area contributed by atoms with Gasteiger partial charge in [0.25, 0.3) is 0 Å². The molecule has 1 saturated heterocycles. The van der Waals surface area contributed by atoms with Gasteiger partial charge in [0.1, 0.15) is 12.3 Å². The lowest BCUT2D eigenvalue weighted by atomic mass is 10.1. The zero-order valence-electron chi connectivity index (χ0n) is 21.2. The average molecular weight is 483 g/mol. The second-order valence-electron chi connectivity index (χ2n) is 8.73. The van der Waals surface area contributed by atoms with Gasteiger partial charge in [-0.2, -0.15) is 0 Å². The van der Waals surface area contributed by atoms with Crippen LogP contribution in [0.2, 0.25) is 0 Å². The maximum atomic E-state index is 13.0. The van der Waals surface area contributed by atoms with Crippen molar-refractivity contribution in [3.63, 3.8) is 0 Å². The summed E-state index contributed by atoms with van der Waals surface area (Å²) in [6, 6.07) is 11.5. The van der Waals surface area contributed by atoms with E-state index in [1.807, 2.05) is 48.2 Å². The number of unbranched alkanes of at least 4 members (excludes halogenated alkanes) is 1. The third-order valence-corrected chi connectivity index (χ3v) is 6.13. The Balaban J connectivity index is 1.57. The molecule has 0 spiro atoms. The van der Waals surface area contributed by atoms with Crippen LogP contribution in [0.1, 0.15) is 39.5 Å². The summed E-state index contributed by atoms with van der Waals surface area (Å²) in [4.78, 5) is 31.2. The topological polar surface area (TPSA) is 90.9 Å². The molecule has 2 aromatic rings. The lowest BCUT2D eigenvalue weighted by Gasteiger charge is -2.27. The number of nitrogens with zero attached hydrogens (tertiary/aromatic N) is 5. The first kappa shape index (κ1) is 26.2. The highest BCUT2D eigenvalue weighted by molar-refractivity contribution is 5.84. The number of nitrogens with one attached hydrogen (secondary N) is 1. The highest BCUT2D eigenvalue weighted by atomic mass is 16.5. The van der Waals surface area contributed by atoms with Crippen molar-refractivity contribution in [2.75, 3.05) is 57.8 Å². The third kappa shape index (κ3) is 7.56. The fraction of sp³-hybridized carbons (Fsp3) is 0.538. The van der Waals surface area contributed by atoms with Crippen LogP contribution in [0.5, 0.6) is 5.75 Å². The lowest BCUT2D eigenvalue weighted by molar-refractivity contribution is -0.131. The van der Waals surface area contributed by atoms with Gasteiger partial charge < -0.3 is 24.8 Å². The number of ether oxygens (including phenoxy) is 1. The number of rotatable bonds is 10. The van der Waals surface area contributed by atoms with E-state index in [0.717, 1.165) is 55.1 Å². The zero-order chi connectivity index (χ0) is 25.0. The van der Waals surface area contributed by atoms with Crippen molar-refractivity contribution in [1.82, 2.24) is 25.3 Å². The van der Waals surface area contributed by atoms with Gasteiger partial charge in [-0.3, -0.25) is 4.79 Å². The van der Waals surface area contributed by atoms with Gasteiger partial charge in [0.2, 0.25) is 5.91 Å². The second kappa shape index (κ2) is 13.5. The van der Waals surface area contributed by atoms with E-state index in [0.29, 0.717) is 32.7 Å². The molecule has 1 aromatic carbocycles. The molecule has 0 radical (unpaired) electrons. The van der Waals surface area contributed by atoms with Crippen LogP contribution in [-0.4, -0.2) is 84.9 Å². The predicted octanol–water partition coefficient (Wildman–Crippen LogP) is 3.41. The van der Waals surface area contributed by atoms with Crippen LogP contribution in [0.15, 0.2) is 36.4 Å². The van der Waals surface area contributed by atoms with E-state index in [2.05, 4.69) is 27.3 Å². The van der Waals surface area contributed by atoms with E-state index in [4.69, 9.17) is 4.74 Å². The summed E-state index contributed by atoms with van der Waals surface area (Å²) in [5.41, 5.74) is 1.78. The largest absolute Gasteiger partial charge is 0.497 e. The van der Waals surface area contributed by atoms with Gasteiger partial charge in [-0.15, -0.1) is 10.2 Å². The van der Waals surface area contributed by atoms with E-state index in [-0.39, 0.29) is 18.5 Å². The molecular weight excluding hydrogens is 444 g/mol. The number of carbonyl (C=O) groups is 2. The van der Waals surface area contributed by atoms with Crippen molar-refractivity contribution in [1.29, 1.82) is 0 Å². The minimum atomic E-state index is -0.155. The molecule has 0 bridgehead atoms. The predicted molar refractivity (Wildman–Crippen MR) is 138 cm³/mol. The highest BCUT2D eigenvalue weighted by Gasteiger charge is 2.23. The van der Waals surface area contributed by atoms with Crippen LogP contribution in [-0.2, 0) is 4.79 Å². The van der Waals surface area contributed by atoms with E-state index < -0.39 is 0 Å². The van der Waals surface area contributed by atoms with Crippen molar-refractivity contribution >= 4 is 17.8 Å². The fourth-order valence-corrected chi connectivity index (χ4v) is 4.01. The molecule has 0 aliphatic carbocycles. The van der Waals surface area contributed by atoms with Crippen LogP contribution >= 0.6 is 0 Å². The number of amides is 3. The molecular formula is C26H38N6O3. The van der Waals surface area contributed by atoms with Crippen molar-refractivity contribution in [2.45, 2.75) is 39.5 Å². The first-order valence-corrected chi connectivity index (χ1v) is 12.6. The standard InChI is InChI=1S/C26H38N6O3/c1-4-6-15-32(26(34)27-14-5-2)20-25(33)31-17-7-16-30(18-19-31)24-13-12-23(28-29-24)21-8-10-22(35-3)11-9-21/h8-13H,4-7,14-20H2,1-3H3,(H,27,34).